The lowest BCUT2D eigenvalue weighted by molar-refractivity contribution is 0.187. The van der Waals surface area contributed by atoms with Gasteiger partial charge in [0.1, 0.15) is 6.33 Å². The Labute approximate surface area is 170 Å². The third kappa shape index (κ3) is 2.93. The zero-order valence-electron chi connectivity index (χ0n) is 15.8. The fourth-order valence-electron chi connectivity index (χ4n) is 3.81. The van der Waals surface area contributed by atoms with Gasteiger partial charge in [-0.05, 0) is 18.6 Å². The second-order valence-electron chi connectivity index (χ2n) is 6.99. The van der Waals surface area contributed by atoms with Crippen molar-refractivity contribution in [3.05, 3.63) is 51.8 Å². The van der Waals surface area contributed by atoms with Crippen molar-refractivity contribution in [2.75, 3.05) is 26.9 Å². The van der Waals surface area contributed by atoms with Crippen LogP contribution in [0.15, 0.2) is 35.5 Å². The maximum atomic E-state index is 13.4. The van der Waals surface area contributed by atoms with E-state index >= 15 is 0 Å². The second kappa shape index (κ2) is 7.25. The molecule has 3 aromatic heterocycles. The van der Waals surface area contributed by atoms with Crippen molar-refractivity contribution in [1.82, 2.24) is 28.9 Å². The molecule has 4 aromatic rings. The van der Waals surface area contributed by atoms with Gasteiger partial charge in [-0.15, -0.1) is 5.10 Å². The highest BCUT2D eigenvalue weighted by atomic mass is 35.5. The highest BCUT2D eigenvalue weighted by Gasteiger charge is 2.23. The van der Waals surface area contributed by atoms with Gasteiger partial charge in [-0.3, -0.25) is 9.20 Å². The summed E-state index contributed by atoms with van der Waals surface area (Å²) in [6, 6.07) is 5.53. The number of aromatic nitrogens is 6. The van der Waals surface area contributed by atoms with Crippen LogP contribution in [0.2, 0.25) is 5.02 Å². The highest BCUT2D eigenvalue weighted by Crippen LogP contribution is 2.26. The van der Waals surface area contributed by atoms with E-state index in [0.29, 0.717) is 41.6 Å². The second-order valence-corrected chi connectivity index (χ2v) is 7.40. The third-order valence-electron chi connectivity index (χ3n) is 5.29. The summed E-state index contributed by atoms with van der Waals surface area (Å²) in [5.74, 6) is 0.649. The van der Waals surface area contributed by atoms with Crippen LogP contribution in [0.5, 0.6) is 0 Å². The van der Waals surface area contributed by atoms with Gasteiger partial charge in [0.15, 0.2) is 11.3 Å². The SMILES string of the molecule is COCCn1c(=O)c2c(-n3cc(C4CCOC4)nn3)ncn2c2cccc(Cl)c21. The molecular weight excluding hydrogens is 396 g/mol. The lowest BCUT2D eigenvalue weighted by atomic mass is 10.1. The van der Waals surface area contributed by atoms with Gasteiger partial charge >= 0.3 is 0 Å². The van der Waals surface area contributed by atoms with Crippen LogP contribution >= 0.6 is 11.6 Å². The summed E-state index contributed by atoms with van der Waals surface area (Å²) < 4.78 is 15.6. The Hall–Kier alpha value is -2.75. The molecule has 0 spiro atoms. The lowest BCUT2D eigenvalue weighted by Crippen LogP contribution is -2.25. The summed E-state index contributed by atoms with van der Waals surface area (Å²) in [5, 5.41) is 8.99. The number of halogens is 1. The number of para-hydroxylation sites is 1. The molecule has 1 aromatic carbocycles. The average Bonchev–Trinajstić information content (AvgIpc) is 3.47. The standard InChI is InChI=1S/C19H19ClN6O3/c1-28-8-6-24-16-13(20)3-2-4-15(16)25-11-21-18(17(25)19(24)27)26-9-14(22-23-26)12-5-7-29-10-12/h2-4,9,11-12H,5-8,10H2,1H3. The summed E-state index contributed by atoms with van der Waals surface area (Å²) >= 11 is 6.44. The molecule has 1 fully saturated rings. The van der Waals surface area contributed by atoms with Crippen LogP contribution in [0.1, 0.15) is 18.0 Å². The number of rotatable bonds is 5. The minimum Gasteiger partial charge on any atom is -0.383 e. The zero-order chi connectivity index (χ0) is 20.0. The Morgan fingerprint density at radius 3 is 3.03 bits per heavy atom. The molecule has 1 unspecified atom stereocenters. The molecule has 1 aliphatic heterocycles. The predicted octanol–water partition coefficient (Wildman–Crippen LogP) is 2.03. The predicted molar refractivity (Wildman–Crippen MR) is 107 cm³/mol. The van der Waals surface area contributed by atoms with Crippen molar-refractivity contribution in [2.24, 2.45) is 0 Å². The molecule has 4 heterocycles. The van der Waals surface area contributed by atoms with Gasteiger partial charge in [-0.2, -0.15) is 4.68 Å². The van der Waals surface area contributed by atoms with Gasteiger partial charge in [-0.1, -0.05) is 22.9 Å². The molecule has 0 saturated carbocycles. The Morgan fingerprint density at radius 1 is 1.34 bits per heavy atom. The summed E-state index contributed by atoms with van der Waals surface area (Å²) in [5.41, 5.74) is 2.47. The number of imidazole rings is 1. The fourth-order valence-corrected chi connectivity index (χ4v) is 4.09. The molecule has 150 valence electrons. The smallest absolute Gasteiger partial charge is 0.279 e. The van der Waals surface area contributed by atoms with E-state index in [9.17, 15) is 4.79 Å². The molecule has 0 radical (unpaired) electrons. The van der Waals surface area contributed by atoms with Crippen molar-refractivity contribution < 1.29 is 9.47 Å². The first-order chi connectivity index (χ1) is 14.2. The van der Waals surface area contributed by atoms with Crippen LogP contribution in [-0.4, -0.2) is 55.9 Å². The number of ether oxygens (including phenoxy) is 2. The molecule has 0 amide bonds. The normalized spacial score (nSPS) is 17.0. The minimum absolute atomic E-state index is 0.212. The monoisotopic (exact) mass is 414 g/mol. The van der Waals surface area contributed by atoms with Gasteiger partial charge in [0, 0.05) is 26.2 Å². The topological polar surface area (TPSA) is 88.5 Å². The fraction of sp³-hybridized carbons (Fsp3) is 0.368. The first-order valence-electron chi connectivity index (χ1n) is 9.36. The van der Waals surface area contributed by atoms with E-state index in [1.54, 1.807) is 33.2 Å². The van der Waals surface area contributed by atoms with E-state index in [1.807, 2.05) is 18.3 Å². The van der Waals surface area contributed by atoms with Crippen molar-refractivity contribution >= 4 is 28.2 Å². The molecular formula is C19H19ClN6O3. The summed E-state index contributed by atoms with van der Waals surface area (Å²) in [6.45, 7) is 2.12. The van der Waals surface area contributed by atoms with Crippen molar-refractivity contribution in [1.29, 1.82) is 0 Å². The molecule has 0 N–H and O–H groups in total. The molecule has 0 bridgehead atoms. The van der Waals surface area contributed by atoms with Crippen LogP contribution < -0.4 is 5.56 Å². The van der Waals surface area contributed by atoms with Crippen LogP contribution in [-0.2, 0) is 16.0 Å². The Bertz CT molecular complexity index is 1250. The van der Waals surface area contributed by atoms with Crippen LogP contribution in [0.3, 0.4) is 0 Å². The Balaban J connectivity index is 1.73. The van der Waals surface area contributed by atoms with Crippen molar-refractivity contribution in [3.63, 3.8) is 0 Å². The van der Waals surface area contributed by atoms with Gasteiger partial charge in [-0.25, -0.2) is 4.98 Å². The first kappa shape index (κ1) is 18.3. The van der Waals surface area contributed by atoms with Gasteiger partial charge in [0.05, 0.1) is 41.2 Å². The average molecular weight is 415 g/mol. The molecule has 10 heteroatoms. The van der Waals surface area contributed by atoms with E-state index in [1.165, 1.54) is 0 Å². The molecule has 1 aliphatic rings. The summed E-state index contributed by atoms with van der Waals surface area (Å²) in [4.78, 5) is 17.9. The highest BCUT2D eigenvalue weighted by molar-refractivity contribution is 6.35. The summed E-state index contributed by atoms with van der Waals surface area (Å²) in [7, 11) is 1.60. The van der Waals surface area contributed by atoms with Crippen molar-refractivity contribution in [2.45, 2.75) is 18.9 Å². The number of nitrogens with zero attached hydrogens (tertiary/aromatic N) is 6. The summed E-state index contributed by atoms with van der Waals surface area (Å²) in [6.07, 6.45) is 4.35. The molecule has 29 heavy (non-hydrogen) atoms. The number of hydrogen-bond acceptors (Lipinski definition) is 6. The van der Waals surface area contributed by atoms with Gasteiger partial charge < -0.3 is 14.0 Å². The zero-order valence-corrected chi connectivity index (χ0v) is 16.5. The van der Waals surface area contributed by atoms with E-state index < -0.39 is 0 Å². The number of hydrogen-bond donors (Lipinski definition) is 0. The maximum absolute atomic E-state index is 13.4. The lowest BCUT2D eigenvalue weighted by Gasteiger charge is -2.13. The largest absolute Gasteiger partial charge is 0.383 e. The Morgan fingerprint density at radius 2 is 2.24 bits per heavy atom. The minimum atomic E-state index is -0.212. The van der Waals surface area contributed by atoms with Crippen molar-refractivity contribution in [3.8, 4) is 5.82 Å². The number of benzene rings is 1. The van der Waals surface area contributed by atoms with Crippen LogP contribution in [0, 0.1) is 0 Å². The number of methoxy groups -OCH3 is 1. The quantitative estimate of drug-likeness (QED) is 0.496. The van der Waals surface area contributed by atoms with Gasteiger partial charge in [0.2, 0.25) is 0 Å². The molecule has 1 saturated heterocycles. The molecule has 9 nitrogen and oxygen atoms in total. The molecule has 1 atom stereocenters. The maximum Gasteiger partial charge on any atom is 0.279 e. The van der Waals surface area contributed by atoms with Gasteiger partial charge in [0.25, 0.3) is 5.56 Å². The van der Waals surface area contributed by atoms with Crippen LogP contribution in [0.4, 0.5) is 0 Å². The van der Waals surface area contributed by atoms with E-state index in [-0.39, 0.29) is 11.5 Å². The third-order valence-corrected chi connectivity index (χ3v) is 5.59. The van der Waals surface area contributed by atoms with E-state index in [2.05, 4.69) is 15.3 Å². The van der Waals surface area contributed by atoms with E-state index in [4.69, 9.17) is 21.1 Å². The Kier molecular flexibility index (Phi) is 4.57. The molecule has 0 aliphatic carbocycles. The molecule has 5 rings (SSSR count). The van der Waals surface area contributed by atoms with E-state index in [0.717, 1.165) is 24.2 Å². The van der Waals surface area contributed by atoms with Crippen LogP contribution in [0.25, 0.3) is 22.4 Å². The first-order valence-corrected chi connectivity index (χ1v) is 9.74. The number of fused-ring (bicyclic) bond motifs is 3.